The molecule has 1 N–H and O–H groups in total. The minimum atomic E-state index is -0.681. The number of hydrogen-bond donors (Lipinski definition) is 1. The van der Waals surface area contributed by atoms with Gasteiger partial charge in [0.1, 0.15) is 11.5 Å². The maximum atomic E-state index is 11.7. The first-order valence-electron chi connectivity index (χ1n) is 9.07. The van der Waals surface area contributed by atoms with Crippen LogP contribution in [0.4, 0.5) is 0 Å². The molecular weight excluding hydrogens is 368 g/mol. The Morgan fingerprint density at radius 2 is 1.78 bits per heavy atom. The van der Waals surface area contributed by atoms with Crippen LogP contribution in [0, 0.1) is 5.92 Å². The van der Waals surface area contributed by atoms with Crippen LogP contribution in [0.25, 0.3) is 0 Å². The second-order valence-electron chi connectivity index (χ2n) is 6.71. The van der Waals surface area contributed by atoms with Crippen molar-refractivity contribution in [1.29, 1.82) is 0 Å². The van der Waals surface area contributed by atoms with E-state index in [1.165, 1.54) is 25.6 Å². The van der Waals surface area contributed by atoms with Gasteiger partial charge in [0.2, 0.25) is 0 Å². The lowest BCUT2D eigenvalue weighted by Crippen LogP contribution is -2.52. The molecule has 0 spiro atoms. The second-order valence-corrected chi connectivity index (χ2v) is 7.64. The zero-order chi connectivity index (χ0) is 20.1. The van der Waals surface area contributed by atoms with E-state index >= 15 is 0 Å². The molecule has 1 aliphatic heterocycles. The van der Waals surface area contributed by atoms with Gasteiger partial charge in [-0.15, -0.1) is 11.8 Å². The third-order valence-electron chi connectivity index (χ3n) is 4.82. The molecule has 0 amide bonds. The SMILES string of the molecule is CCc1ccc([C@@H]2O[C@H](SC)[C@@H](OC(C)=O)[C@H](OC(C)=O)[C@H]2C)cc1CO. The van der Waals surface area contributed by atoms with Gasteiger partial charge in [-0.2, -0.15) is 0 Å². The molecule has 1 fully saturated rings. The molecule has 2 rings (SSSR count). The van der Waals surface area contributed by atoms with E-state index in [0.717, 1.165) is 23.1 Å². The molecule has 1 aromatic rings. The lowest BCUT2D eigenvalue weighted by atomic mass is 9.86. The summed E-state index contributed by atoms with van der Waals surface area (Å²) in [5.41, 5.74) is 2.38. The number of ether oxygens (including phenoxy) is 3. The molecule has 7 heteroatoms. The second kappa shape index (κ2) is 9.57. The molecule has 1 heterocycles. The van der Waals surface area contributed by atoms with Gasteiger partial charge in [-0.05, 0) is 29.4 Å². The van der Waals surface area contributed by atoms with Crippen molar-refractivity contribution in [2.75, 3.05) is 6.26 Å². The summed E-state index contributed by atoms with van der Waals surface area (Å²) in [6.07, 6.45) is 1.04. The number of rotatable bonds is 6. The van der Waals surface area contributed by atoms with Crippen molar-refractivity contribution in [3.63, 3.8) is 0 Å². The number of aliphatic hydroxyl groups excluding tert-OH is 1. The normalized spacial score (nSPS) is 27.9. The summed E-state index contributed by atoms with van der Waals surface area (Å²) >= 11 is 1.40. The summed E-state index contributed by atoms with van der Waals surface area (Å²) in [5.74, 6) is -1.11. The number of thioether (sulfide) groups is 1. The first-order chi connectivity index (χ1) is 12.8. The Morgan fingerprint density at radius 3 is 2.30 bits per heavy atom. The van der Waals surface area contributed by atoms with Crippen molar-refractivity contribution in [2.24, 2.45) is 5.92 Å². The van der Waals surface area contributed by atoms with Crippen LogP contribution in [0.1, 0.15) is 50.5 Å². The highest BCUT2D eigenvalue weighted by Gasteiger charge is 2.48. The van der Waals surface area contributed by atoms with Gasteiger partial charge in [0.15, 0.2) is 6.10 Å². The topological polar surface area (TPSA) is 82.1 Å². The molecule has 0 aromatic heterocycles. The van der Waals surface area contributed by atoms with E-state index in [-0.39, 0.29) is 18.6 Å². The minimum Gasteiger partial charge on any atom is -0.458 e. The molecule has 27 heavy (non-hydrogen) atoms. The summed E-state index contributed by atoms with van der Waals surface area (Å²) in [6.45, 7) is 6.58. The third kappa shape index (κ3) is 5.03. The summed E-state index contributed by atoms with van der Waals surface area (Å²) in [5, 5.41) is 9.68. The molecule has 1 saturated heterocycles. The zero-order valence-electron chi connectivity index (χ0n) is 16.4. The summed E-state index contributed by atoms with van der Waals surface area (Å²) in [7, 11) is 0. The van der Waals surface area contributed by atoms with E-state index in [9.17, 15) is 14.7 Å². The molecule has 0 saturated carbocycles. The van der Waals surface area contributed by atoms with Crippen LogP contribution >= 0.6 is 11.8 Å². The number of hydrogen-bond acceptors (Lipinski definition) is 7. The standard InChI is InChI=1S/C20H28O6S/c1-6-14-7-8-15(9-16(14)10-21)17-11(2)18(24-12(3)22)19(25-13(4)23)20(26-17)27-5/h7-9,11,17-21H,6,10H2,1-5H3/t11-,17+,18+,19-,20+/m0/s1. The van der Waals surface area contributed by atoms with E-state index < -0.39 is 29.6 Å². The zero-order valence-corrected chi connectivity index (χ0v) is 17.2. The van der Waals surface area contributed by atoms with E-state index in [1.807, 2.05) is 38.3 Å². The van der Waals surface area contributed by atoms with Gasteiger partial charge < -0.3 is 19.3 Å². The van der Waals surface area contributed by atoms with E-state index in [1.54, 1.807) is 0 Å². The Labute approximate surface area is 164 Å². The lowest BCUT2D eigenvalue weighted by molar-refractivity contribution is -0.208. The Hall–Kier alpha value is -1.57. The third-order valence-corrected chi connectivity index (χ3v) is 5.66. The molecule has 0 aliphatic carbocycles. The van der Waals surface area contributed by atoms with Gasteiger partial charge >= 0.3 is 11.9 Å². The van der Waals surface area contributed by atoms with Crippen LogP contribution in [-0.2, 0) is 36.8 Å². The van der Waals surface area contributed by atoms with Gasteiger partial charge in [0, 0.05) is 19.8 Å². The number of esters is 2. The highest BCUT2D eigenvalue weighted by Crippen LogP contribution is 2.42. The number of carbonyl (C=O) groups excluding carboxylic acids is 2. The monoisotopic (exact) mass is 396 g/mol. The average molecular weight is 397 g/mol. The molecule has 0 unspecified atom stereocenters. The number of aryl methyl sites for hydroxylation is 1. The Kier molecular flexibility index (Phi) is 7.70. The molecular formula is C20H28O6S. The largest absolute Gasteiger partial charge is 0.458 e. The number of benzene rings is 1. The first kappa shape index (κ1) is 21.7. The van der Waals surface area contributed by atoms with E-state index in [0.29, 0.717) is 0 Å². The predicted molar refractivity (Wildman–Crippen MR) is 103 cm³/mol. The van der Waals surface area contributed by atoms with Gasteiger partial charge in [-0.1, -0.05) is 32.0 Å². The molecule has 6 nitrogen and oxygen atoms in total. The van der Waals surface area contributed by atoms with Crippen LogP contribution in [0.3, 0.4) is 0 Å². The van der Waals surface area contributed by atoms with Crippen molar-refractivity contribution in [2.45, 2.75) is 64.5 Å². The van der Waals surface area contributed by atoms with Crippen molar-refractivity contribution in [3.05, 3.63) is 34.9 Å². The Bertz CT molecular complexity index is 676. The van der Waals surface area contributed by atoms with Crippen LogP contribution in [0.5, 0.6) is 0 Å². The van der Waals surface area contributed by atoms with Gasteiger partial charge in [-0.3, -0.25) is 9.59 Å². The first-order valence-corrected chi connectivity index (χ1v) is 10.4. The summed E-state index contributed by atoms with van der Waals surface area (Å²) in [4.78, 5) is 23.2. The summed E-state index contributed by atoms with van der Waals surface area (Å²) in [6, 6.07) is 5.91. The van der Waals surface area contributed by atoms with Gasteiger partial charge in [0.25, 0.3) is 0 Å². The van der Waals surface area contributed by atoms with Crippen molar-refractivity contribution in [3.8, 4) is 0 Å². The molecule has 5 atom stereocenters. The molecule has 150 valence electrons. The fourth-order valence-corrected chi connectivity index (χ4v) is 4.25. The fourth-order valence-electron chi connectivity index (χ4n) is 3.54. The summed E-state index contributed by atoms with van der Waals surface area (Å²) < 4.78 is 17.2. The van der Waals surface area contributed by atoms with E-state index in [4.69, 9.17) is 14.2 Å². The van der Waals surface area contributed by atoms with Crippen LogP contribution in [-0.4, -0.2) is 40.9 Å². The van der Waals surface area contributed by atoms with Gasteiger partial charge in [-0.25, -0.2) is 0 Å². The van der Waals surface area contributed by atoms with Crippen LogP contribution < -0.4 is 0 Å². The molecule has 1 aromatic carbocycles. The van der Waals surface area contributed by atoms with Crippen LogP contribution in [0.2, 0.25) is 0 Å². The fraction of sp³-hybridized carbons (Fsp3) is 0.600. The van der Waals surface area contributed by atoms with Gasteiger partial charge in [0.05, 0.1) is 12.7 Å². The smallest absolute Gasteiger partial charge is 0.303 e. The van der Waals surface area contributed by atoms with Crippen molar-refractivity contribution >= 4 is 23.7 Å². The number of carbonyl (C=O) groups is 2. The van der Waals surface area contributed by atoms with Crippen molar-refractivity contribution < 1.29 is 28.9 Å². The predicted octanol–water partition coefficient (Wildman–Crippen LogP) is 3.00. The minimum absolute atomic E-state index is 0.0481. The Balaban J connectivity index is 2.40. The quantitative estimate of drug-likeness (QED) is 0.740. The van der Waals surface area contributed by atoms with Crippen LogP contribution in [0.15, 0.2) is 18.2 Å². The maximum Gasteiger partial charge on any atom is 0.303 e. The maximum absolute atomic E-state index is 11.7. The number of aliphatic hydroxyl groups is 1. The molecule has 0 bridgehead atoms. The highest BCUT2D eigenvalue weighted by atomic mass is 32.2. The highest BCUT2D eigenvalue weighted by molar-refractivity contribution is 7.99. The molecule has 0 radical (unpaired) electrons. The van der Waals surface area contributed by atoms with E-state index in [2.05, 4.69) is 0 Å². The molecule has 1 aliphatic rings. The van der Waals surface area contributed by atoms with Crippen molar-refractivity contribution in [1.82, 2.24) is 0 Å². The lowest BCUT2D eigenvalue weighted by Gasteiger charge is -2.44. The average Bonchev–Trinajstić information content (AvgIpc) is 2.63. The Morgan fingerprint density at radius 1 is 1.15 bits per heavy atom.